The van der Waals surface area contributed by atoms with Gasteiger partial charge in [0.1, 0.15) is 7.05 Å². The van der Waals surface area contributed by atoms with E-state index in [9.17, 15) is 0 Å². The van der Waals surface area contributed by atoms with Crippen LogP contribution in [0.2, 0.25) is 0 Å². The maximum Gasteiger partial charge on any atom is 0.212 e. The fourth-order valence-corrected chi connectivity index (χ4v) is 4.84. The first-order chi connectivity index (χ1) is 13.5. The summed E-state index contributed by atoms with van der Waals surface area (Å²) in [5.41, 5.74) is 10.9. The van der Waals surface area contributed by atoms with Gasteiger partial charge in [-0.3, -0.25) is 0 Å². The van der Waals surface area contributed by atoms with Crippen LogP contribution >= 0.6 is 0 Å². The Morgan fingerprint density at radius 1 is 0.714 bits per heavy atom. The number of hydrogen-bond acceptors (Lipinski definition) is 0. The summed E-state index contributed by atoms with van der Waals surface area (Å²) in [5, 5.41) is 0. The molecule has 0 unspecified atom stereocenters. The molecule has 144 valence electrons. The van der Waals surface area contributed by atoms with E-state index in [0.29, 0.717) is 0 Å². The minimum atomic E-state index is 0.732. The largest absolute Gasteiger partial charge is 0.212 e. The lowest BCUT2D eigenvalue weighted by Gasteiger charge is -2.22. The van der Waals surface area contributed by atoms with Crippen LogP contribution in [0.1, 0.15) is 60.3 Å². The number of nitrogens with zero attached hydrogens (tertiary/aromatic N) is 1. The van der Waals surface area contributed by atoms with Crippen molar-refractivity contribution in [3.63, 3.8) is 0 Å². The SMILES string of the molecule is Cc1ccccc1-c1cc(-c2cc(C3CCCCC3)cc[n+]2C)c(C)cc1C. The second-order valence-corrected chi connectivity index (χ2v) is 8.59. The summed E-state index contributed by atoms with van der Waals surface area (Å²) in [6.07, 6.45) is 9.10. The highest BCUT2D eigenvalue weighted by molar-refractivity contribution is 5.77. The second kappa shape index (κ2) is 7.91. The molecule has 0 bridgehead atoms. The highest BCUT2D eigenvalue weighted by atomic mass is 14.9. The first-order valence-corrected chi connectivity index (χ1v) is 10.7. The van der Waals surface area contributed by atoms with E-state index >= 15 is 0 Å². The van der Waals surface area contributed by atoms with E-state index in [-0.39, 0.29) is 0 Å². The molecule has 1 aliphatic rings. The molecule has 0 amide bonds. The predicted molar refractivity (Wildman–Crippen MR) is 119 cm³/mol. The third-order valence-corrected chi connectivity index (χ3v) is 6.53. The number of benzene rings is 2. The summed E-state index contributed by atoms with van der Waals surface area (Å²) < 4.78 is 2.28. The highest BCUT2D eigenvalue weighted by Gasteiger charge is 2.21. The average Bonchev–Trinajstić information content (AvgIpc) is 2.70. The zero-order valence-corrected chi connectivity index (χ0v) is 17.8. The number of hydrogen-bond donors (Lipinski definition) is 0. The Bertz CT molecular complexity index is 993. The third kappa shape index (κ3) is 3.63. The monoisotopic (exact) mass is 370 g/mol. The molecule has 3 aromatic rings. The van der Waals surface area contributed by atoms with E-state index in [1.54, 1.807) is 0 Å². The summed E-state index contributed by atoms with van der Waals surface area (Å²) in [7, 11) is 2.17. The van der Waals surface area contributed by atoms with E-state index in [1.165, 1.54) is 76.7 Å². The zero-order chi connectivity index (χ0) is 19.7. The summed E-state index contributed by atoms with van der Waals surface area (Å²) in [4.78, 5) is 0. The predicted octanol–water partition coefficient (Wildman–Crippen LogP) is 6.82. The first-order valence-electron chi connectivity index (χ1n) is 10.7. The van der Waals surface area contributed by atoms with E-state index in [1.807, 2.05) is 0 Å². The summed E-state index contributed by atoms with van der Waals surface area (Å²) in [6.45, 7) is 6.69. The summed E-state index contributed by atoms with van der Waals surface area (Å²) in [5.74, 6) is 0.732. The molecule has 28 heavy (non-hydrogen) atoms. The number of pyridine rings is 1. The molecular weight excluding hydrogens is 338 g/mol. The van der Waals surface area contributed by atoms with Crippen LogP contribution in [-0.2, 0) is 7.05 Å². The fourth-order valence-electron chi connectivity index (χ4n) is 4.84. The molecule has 0 spiro atoms. The molecule has 1 fully saturated rings. The van der Waals surface area contributed by atoms with E-state index in [2.05, 4.69) is 87.1 Å². The first kappa shape index (κ1) is 18.9. The van der Waals surface area contributed by atoms with Crippen molar-refractivity contribution in [3.8, 4) is 22.4 Å². The van der Waals surface area contributed by atoms with Gasteiger partial charge in [0.25, 0.3) is 0 Å². The van der Waals surface area contributed by atoms with Crippen LogP contribution in [0, 0.1) is 20.8 Å². The zero-order valence-electron chi connectivity index (χ0n) is 17.8. The van der Waals surface area contributed by atoms with Gasteiger partial charge >= 0.3 is 0 Å². The minimum absolute atomic E-state index is 0.732. The van der Waals surface area contributed by atoms with Crippen molar-refractivity contribution in [2.45, 2.75) is 58.8 Å². The van der Waals surface area contributed by atoms with Gasteiger partial charge in [-0.1, -0.05) is 49.6 Å². The molecular formula is C27H32N+. The molecule has 4 rings (SSSR count). The summed E-state index contributed by atoms with van der Waals surface area (Å²) >= 11 is 0. The van der Waals surface area contributed by atoms with Gasteiger partial charge in [0.15, 0.2) is 6.20 Å². The molecule has 0 saturated heterocycles. The van der Waals surface area contributed by atoms with Crippen LogP contribution in [0.3, 0.4) is 0 Å². The van der Waals surface area contributed by atoms with Gasteiger partial charge in [0, 0.05) is 17.7 Å². The van der Waals surface area contributed by atoms with Crippen LogP contribution in [0.4, 0.5) is 0 Å². The van der Waals surface area contributed by atoms with Crippen LogP contribution in [0.25, 0.3) is 22.4 Å². The lowest BCUT2D eigenvalue weighted by molar-refractivity contribution is -0.660. The van der Waals surface area contributed by atoms with Gasteiger partial charge in [-0.2, -0.15) is 0 Å². The molecule has 1 heterocycles. The van der Waals surface area contributed by atoms with Crippen molar-refractivity contribution in [1.82, 2.24) is 0 Å². The molecule has 1 saturated carbocycles. The Hall–Kier alpha value is -2.41. The van der Waals surface area contributed by atoms with Crippen LogP contribution in [0.5, 0.6) is 0 Å². The van der Waals surface area contributed by atoms with E-state index in [4.69, 9.17) is 0 Å². The van der Waals surface area contributed by atoms with Gasteiger partial charge < -0.3 is 0 Å². The Labute approximate surface area is 170 Å². The lowest BCUT2D eigenvalue weighted by atomic mass is 9.83. The van der Waals surface area contributed by atoms with Crippen molar-refractivity contribution in [1.29, 1.82) is 0 Å². The molecule has 0 N–H and O–H groups in total. The van der Waals surface area contributed by atoms with Crippen molar-refractivity contribution in [2.24, 2.45) is 7.05 Å². The Morgan fingerprint density at radius 2 is 1.43 bits per heavy atom. The van der Waals surface area contributed by atoms with Crippen molar-refractivity contribution in [2.75, 3.05) is 0 Å². The number of aromatic nitrogens is 1. The molecule has 0 radical (unpaired) electrons. The average molecular weight is 371 g/mol. The normalized spacial score (nSPS) is 15.0. The summed E-state index contributed by atoms with van der Waals surface area (Å²) in [6, 6.07) is 18.3. The minimum Gasteiger partial charge on any atom is -0.201 e. The Morgan fingerprint density at radius 3 is 2.18 bits per heavy atom. The standard InChI is InChI=1S/C27H32N/c1-19-10-8-9-13-24(19)25-18-26(21(3)16-20(25)2)27-17-23(14-15-28(27)4)22-11-6-5-7-12-22/h8-10,13-18,22H,5-7,11-12H2,1-4H3/q+1. The van der Waals surface area contributed by atoms with Gasteiger partial charge in [-0.25, -0.2) is 4.57 Å². The molecule has 1 nitrogen and oxygen atoms in total. The second-order valence-electron chi connectivity index (χ2n) is 8.59. The molecule has 0 atom stereocenters. The van der Waals surface area contributed by atoms with Gasteiger partial charge in [-0.15, -0.1) is 0 Å². The fraction of sp³-hybridized carbons (Fsp3) is 0.370. The van der Waals surface area contributed by atoms with Gasteiger partial charge in [0.2, 0.25) is 5.69 Å². The quantitative estimate of drug-likeness (QED) is 0.445. The smallest absolute Gasteiger partial charge is 0.201 e. The lowest BCUT2D eigenvalue weighted by Crippen LogP contribution is -2.31. The third-order valence-electron chi connectivity index (χ3n) is 6.53. The van der Waals surface area contributed by atoms with E-state index < -0.39 is 0 Å². The topological polar surface area (TPSA) is 3.88 Å². The highest BCUT2D eigenvalue weighted by Crippen LogP contribution is 2.36. The molecule has 1 aliphatic carbocycles. The van der Waals surface area contributed by atoms with Gasteiger partial charge in [0.05, 0.1) is 0 Å². The maximum absolute atomic E-state index is 2.45. The maximum atomic E-state index is 2.45. The Kier molecular flexibility index (Phi) is 5.35. The van der Waals surface area contributed by atoms with Crippen molar-refractivity contribution < 1.29 is 4.57 Å². The Balaban J connectivity index is 1.83. The van der Waals surface area contributed by atoms with Gasteiger partial charge in [-0.05, 0) is 79.0 Å². The molecule has 1 aromatic heterocycles. The molecule has 2 aromatic carbocycles. The molecule has 1 heteroatoms. The van der Waals surface area contributed by atoms with Crippen LogP contribution in [0.15, 0.2) is 54.7 Å². The van der Waals surface area contributed by atoms with Crippen molar-refractivity contribution in [3.05, 3.63) is 77.0 Å². The van der Waals surface area contributed by atoms with Crippen LogP contribution in [-0.4, -0.2) is 0 Å². The number of aryl methyl sites for hydroxylation is 4. The van der Waals surface area contributed by atoms with Crippen molar-refractivity contribution >= 4 is 0 Å². The molecule has 0 aliphatic heterocycles. The number of rotatable bonds is 3. The van der Waals surface area contributed by atoms with Crippen LogP contribution < -0.4 is 4.57 Å². The van der Waals surface area contributed by atoms with E-state index in [0.717, 1.165) is 5.92 Å².